The molecule has 2 amide bonds. The number of hydrogen-bond donors (Lipinski definition) is 1. The van der Waals surface area contributed by atoms with E-state index < -0.39 is 11.6 Å². The van der Waals surface area contributed by atoms with E-state index in [1.165, 1.54) is 11.8 Å². The summed E-state index contributed by atoms with van der Waals surface area (Å²) in [7, 11) is 0. The van der Waals surface area contributed by atoms with Gasteiger partial charge in [-0.2, -0.15) is 0 Å². The van der Waals surface area contributed by atoms with Gasteiger partial charge in [-0.1, -0.05) is 83.9 Å². The molecule has 1 atom stereocenters. The highest BCUT2D eigenvalue weighted by molar-refractivity contribution is 7.99. The summed E-state index contributed by atoms with van der Waals surface area (Å²) in [5.74, 6) is 0.531. The van der Waals surface area contributed by atoms with Gasteiger partial charge in [-0.15, -0.1) is 11.8 Å². The quantitative estimate of drug-likeness (QED) is 0.290. The summed E-state index contributed by atoms with van der Waals surface area (Å²) >= 11 is 13.8. The van der Waals surface area contributed by atoms with Crippen molar-refractivity contribution in [3.8, 4) is 0 Å². The van der Waals surface area contributed by atoms with Crippen molar-refractivity contribution in [1.82, 2.24) is 10.2 Å². The van der Waals surface area contributed by atoms with Crippen molar-refractivity contribution in [2.75, 3.05) is 5.75 Å². The molecular formula is C30H34Cl2N2O2S. The summed E-state index contributed by atoms with van der Waals surface area (Å²) in [5.41, 5.74) is 3.59. The largest absolute Gasteiger partial charge is 0.350 e. The van der Waals surface area contributed by atoms with Crippen molar-refractivity contribution in [3.63, 3.8) is 0 Å². The molecule has 3 rings (SSSR count). The minimum absolute atomic E-state index is 0.0941. The lowest BCUT2D eigenvalue weighted by Gasteiger charge is -2.34. The third kappa shape index (κ3) is 9.10. The number of nitrogens with one attached hydrogen (secondary N) is 1. The lowest BCUT2D eigenvalue weighted by molar-refractivity contribution is -0.140. The molecule has 3 aromatic rings. The van der Waals surface area contributed by atoms with Crippen LogP contribution < -0.4 is 5.32 Å². The minimum Gasteiger partial charge on any atom is -0.350 e. The van der Waals surface area contributed by atoms with Gasteiger partial charge >= 0.3 is 0 Å². The minimum atomic E-state index is -0.659. The summed E-state index contributed by atoms with van der Waals surface area (Å²) in [6.07, 6.45) is 0.425. The summed E-state index contributed by atoms with van der Waals surface area (Å²) in [6, 6.07) is 22.5. The molecule has 0 radical (unpaired) electrons. The Hall–Kier alpha value is -2.47. The third-order valence-corrected chi connectivity index (χ3v) is 7.42. The van der Waals surface area contributed by atoms with Crippen LogP contribution in [0.25, 0.3) is 0 Å². The van der Waals surface area contributed by atoms with Crippen molar-refractivity contribution in [2.45, 2.75) is 58.0 Å². The number of rotatable bonds is 10. The Bertz CT molecular complexity index is 1210. The Labute approximate surface area is 234 Å². The zero-order valence-electron chi connectivity index (χ0n) is 21.8. The molecule has 0 aliphatic carbocycles. The van der Waals surface area contributed by atoms with Gasteiger partial charge in [-0.3, -0.25) is 9.59 Å². The van der Waals surface area contributed by atoms with E-state index in [0.717, 1.165) is 22.3 Å². The van der Waals surface area contributed by atoms with Gasteiger partial charge in [-0.05, 0) is 62.1 Å². The van der Waals surface area contributed by atoms with Gasteiger partial charge in [0.25, 0.3) is 0 Å². The molecule has 196 valence electrons. The number of thioether (sulfide) groups is 1. The van der Waals surface area contributed by atoms with Gasteiger partial charge in [0, 0.05) is 34.3 Å². The van der Waals surface area contributed by atoms with E-state index >= 15 is 0 Å². The first kappa shape index (κ1) is 29.1. The monoisotopic (exact) mass is 556 g/mol. The third-order valence-electron chi connectivity index (χ3n) is 5.87. The number of nitrogens with zero attached hydrogens (tertiary/aromatic N) is 1. The average molecular weight is 558 g/mol. The van der Waals surface area contributed by atoms with E-state index in [1.54, 1.807) is 17.0 Å². The van der Waals surface area contributed by atoms with Gasteiger partial charge in [0.2, 0.25) is 11.8 Å². The molecule has 0 aromatic heterocycles. The van der Waals surface area contributed by atoms with Gasteiger partial charge in [0.15, 0.2) is 0 Å². The van der Waals surface area contributed by atoms with E-state index in [9.17, 15) is 9.59 Å². The highest BCUT2D eigenvalue weighted by atomic mass is 35.5. The predicted molar refractivity (Wildman–Crippen MR) is 156 cm³/mol. The molecule has 7 heteroatoms. The van der Waals surface area contributed by atoms with Crippen LogP contribution in [0.1, 0.15) is 43.0 Å². The van der Waals surface area contributed by atoms with E-state index in [1.807, 2.05) is 88.4 Å². The second kappa shape index (κ2) is 13.4. The van der Waals surface area contributed by atoms with Gasteiger partial charge in [-0.25, -0.2) is 0 Å². The Balaban J connectivity index is 1.88. The smallest absolute Gasteiger partial charge is 0.243 e. The number of aryl methyl sites for hydroxylation is 1. The summed E-state index contributed by atoms with van der Waals surface area (Å²) < 4.78 is 0. The first-order valence-electron chi connectivity index (χ1n) is 12.2. The van der Waals surface area contributed by atoms with Crippen molar-refractivity contribution >= 4 is 46.8 Å². The summed E-state index contributed by atoms with van der Waals surface area (Å²) in [5, 5.41) is 4.26. The molecule has 0 spiro atoms. The maximum Gasteiger partial charge on any atom is 0.243 e. The van der Waals surface area contributed by atoms with E-state index in [2.05, 4.69) is 5.32 Å². The fourth-order valence-corrected chi connectivity index (χ4v) is 5.42. The highest BCUT2D eigenvalue weighted by Gasteiger charge is 2.32. The fourth-order valence-electron chi connectivity index (χ4n) is 3.95. The zero-order valence-corrected chi connectivity index (χ0v) is 24.1. The number of carbonyl (C=O) groups is 2. The second-order valence-electron chi connectivity index (χ2n) is 10.1. The first-order valence-corrected chi connectivity index (χ1v) is 14.2. The maximum atomic E-state index is 13.8. The van der Waals surface area contributed by atoms with Gasteiger partial charge in [0.05, 0.1) is 5.75 Å². The molecule has 3 aromatic carbocycles. The molecule has 37 heavy (non-hydrogen) atoms. The second-order valence-corrected chi connectivity index (χ2v) is 12.0. The molecule has 0 aliphatic rings. The van der Waals surface area contributed by atoms with Gasteiger partial charge in [0.1, 0.15) is 6.04 Å². The number of hydrogen-bond acceptors (Lipinski definition) is 3. The van der Waals surface area contributed by atoms with Crippen LogP contribution in [0.5, 0.6) is 0 Å². The van der Waals surface area contributed by atoms with Crippen LogP contribution >= 0.6 is 35.0 Å². The predicted octanol–water partition coefficient (Wildman–Crippen LogP) is 7.09. The van der Waals surface area contributed by atoms with Crippen molar-refractivity contribution in [1.29, 1.82) is 0 Å². The zero-order chi connectivity index (χ0) is 27.0. The van der Waals surface area contributed by atoms with Crippen LogP contribution in [0.4, 0.5) is 0 Å². The highest BCUT2D eigenvalue weighted by Crippen LogP contribution is 2.26. The molecular weight excluding hydrogens is 523 g/mol. The number of halogens is 2. The van der Waals surface area contributed by atoms with E-state index in [4.69, 9.17) is 23.2 Å². The van der Waals surface area contributed by atoms with E-state index in [0.29, 0.717) is 28.8 Å². The van der Waals surface area contributed by atoms with Crippen LogP contribution in [0, 0.1) is 6.92 Å². The maximum absolute atomic E-state index is 13.8. The van der Waals surface area contributed by atoms with Crippen molar-refractivity contribution in [2.24, 2.45) is 0 Å². The van der Waals surface area contributed by atoms with Crippen LogP contribution in [-0.4, -0.2) is 34.0 Å². The topological polar surface area (TPSA) is 49.4 Å². The van der Waals surface area contributed by atoms with Crippen LogP contribution in [-0.2, 0) is 28.3 Å². The fraction of sp³-hybridized carbons (Fsp3) is 0.333. The van der Waals surface area contributed by atoms with Crippen LogP contribution in [0.3, 0.4) is 0 Å². The Kier molecular flexibility index (Phi) is 10.5. The number of benzene rings is 3. The Morgan fingerprint density at radius 2 is 1.62 bits per heavy atom. The molecule has 0 aliphatic heterocycles. The van der Waals surface area contributed by atoms with Gasteiger partial charge < -0.3 is 10.2 Å². The molecule has 0 unspecified atom stereocenters. The SMILES string of the molecule is Cc1ccccc1CN(C(=O)CSCc1ccc(Cl)cc1Cl)[C@@H](Cc1ccccc1)C(=O)NC(C)(C)C. The molecule has 0 heterocycles. The lowest BCUT2D eigenvalue weighted by Crippen LogP contribution is -2.54. The number of amides is 2. The molecule has 4 nitrogen and oxygen atoms in total. The standard InChI is InChI=1S/C30H34Cl2N2O2S/c1-21-10-8-9-13-23(21)18-34(28(35)20-37-19-24-14-15-25(31)17-26(24)32)27(29(36)33-30(2,3)4)16-22-11-6-5-7-12-22/h5-15,17,27H,16,18-20H2,1-4H3,(H,33,36)/t27-/m0/s1. The number of carbonyl (C=O) groups excluding carboxylic acids is 2. The molecule has 0 fully saturated rings. The van der Waals surface area contributed by atoms with Crippen LogP contribution in [0.15, 0.2) is 72.8 Å². The summed E-state index contributed by atoms with van der Waals surface area (Å²) in [6.45, 7) is 8.22. The molecule has 1 N–H and O–H groups in total. The molecule has 0 saturated carbocycles. The first-order chi connectivity index (χ1) is 17.5. The molecule has 0 saturated heterocycles. The Morgan fingerprint density at radius 3 is 2.27 bits per heavy atom. The van der Waals surface area contributed by atoms with Crippen molar-refractivity contribution < 1.29 is 9.59 Å². The summed E-state index contributed by atoms with van der Waals surface area (Å²) in [4.78, 5) is 29.1. The lowest BCUT2D eigenvalue weighted by atomic mass is 10.00. The molecule has 0 bridgehead atoms. The van der Waals surface area contributed by atoms with Crippen LogP contribution in [0.2, 0.25) is 10.0 Å². The normalized spacial score (nSPS) is 12.2. The Morgan fingerprint density at radius 1 is 0.946 bits per heavy atom. The average Bonchev–Trinajstić information content (AvgIpc) is 2.83. The van der Waals surface area contributed by atoms with Crippen molar-refractivity contribution in [3.05, 3.63) is 105 Å². The van der Waals surface area contributed by atoms with E-state index in [-0.39, 0.29) is 17.6 Å².